The number of halogens is 2. The molecule has 0 spiro atoms. The van der Waals surface area contributed by atoms with Crippen LogP contribution in [0.1, 0.15) is 63.9 Å². The van der Waals surface area contributed by atoms with Crippen molar-refractivity contribution in [3.8, 4) is 5.75 Å². The van der Waals surface area contributed by atoms with Gasteiger partial charge < -0.3 is 19.8 Å². The Balaban J connectivity index is 1.50. The van der Waals surface area contributed by atoms with Crippen LogP contribution in [0.4, 0.5) is 9.18 Å². The monoisotopic (exact) mass is 544 g/mol. The Morgan fingerprint density at radius 3 is 2.58 bits per heavy atom. The zero-order valence-electron chi connectivity index (χ0n) is 22.3. The highest BCUT2D eigenvalue weighted by Gasteiger charge is 2.52. The molecule has 1 aromatic rings. The Morgan fingerprint density at radius 2 is 1.92 bits per heavy atom. The Labute approximate surface area is 229 Å². The summed E-state index contributed by atoms with van der Waals surface area (Å²) in [7, 11) is 0. The van der Waals surface area contributed by atoms with Crippen molar-refractivity contribution in [2.24, 2.45) is 16.3 Å². The van der Waals surface area contributed by atoms with Crippen LogP contribution in [0.3, 0.4) is 0 Å². The molecule has 2 aliphatic carbocycles. The van der Waals surface area contributed by atoms with E-state index in [1.54, 1.807) is 4.90 Å². The van der Waals surface area contributed by atoms with Crippen LogP contribution in [0, 0.1) is 17.2 Å². The molecular weight excluding hydrogens is 507 g/mol. The number of piperazine rings is 1. The first-order chi connectivity index (χ1) is 18.1. The molecule has 1 saturated heterocycles. The van der Waals surface area contributed by atoms with Gasteiger partial charge in [-0.25, -0.2) is 9.18 Å². The van der Waals surface area contributed by atoms with E-state index in [4.69, 9.17) is 16.6 Å². The second-order valence-electron chi connectivity index (χ2n) is 11.9. The Bertz CT molecular complexity index is 1110. The second kappa shape index (κ2) is 10.5. The van der Waals surface area contributed by atoms with Crippen LogP contribution < -0.4 is 0 Å². The molecule has 2 heterocycles. The van der Waals surface area contributed by atoms with Crippen LogP contribution in [0.5, 0.6) is 5.75 Å². The van der Waals surface area contributed by atoms with Crippen molar-refractivity contribution in [3.05, 3.63) is 42.2 Å². The lowest BCUT2D eigenvalue weighted by atomic mass is 9.68. The Morgan fingerprint density at radius 1 is 1.18 bits per heavy atom. The van der Waals surface area contributed by atoms with Gasteiger partial charge in [-0.1, -0.05) is 39.3 Å². The molecule has 4 aliphatic rings. The number of rotatable bonds is 3. The van der Waals surface area contributed by atoms with E-state index in [0.717, 1.165) is 31.5 Å². The van der Waals surface area contributed by atoms with Gasteiger partial charge in [-0.15, -0.1) is 11.6 Å². The summed E-state index contributed by atoms with van der Waals surface area (Å²) in [4.78, 5) is 36.5. The normalized spacial score (nSPS) is 31.5. The number of hydrogen-bond donors (Lipinski definition) is 1. The van der Waals surface area contributed by atoms with Gasteiger partial charge in [0, 0.05) is 61.0 Å². The molecule has 3 fully saturated rings. The smallest absolute Gasteiger partial charge is 0.345 e. The topological polar surface area (TPSA) is 76.5 Å². The number of carbonyl (C=O) groups excluding carboxylic acids is 2. The van der Waals surface area contributed by atoms with Crippen molar-refractivity contribution in [3.63, 3.8) is 0 Å². The maximum atomic E-state index is 15.0. The van der Waals surface area contributed by atoms with Gasteiger partial charge in [-0.05, 0) is 49.3 Å². The number of nitrogens with zero attached hydrogens (tertiary/aromatic N) is 4. The number of urea groups is 1. The quantitative estimate of drug-likeness (QED) is 0.422. The van der Waals surface area contributed by atoms with Crippen molar-refractivity contribution in [1.29, 1.82) is 0 Å². The number of amides is 3. The van der Waals surface area contributed by atoms with Crippen molar-refractivity contribution in [2.75, 3.05) is 26.2 Å². The summed E-state index contributed by atoms with van der Waals surface area (Å²) in [6, 6.07) is 3.94. The summed E-state index contributed by atoms with van der Waals surface area (Å²) in [5.74, 6) is -0.453. The third-order valence-corrected chi connectivity index (χ3v) is 9.76. The van der Waals surface area contributed by atoms with Gasteiger partial charge in [-0.3, -0.25) is 4.79 Å². The molecule has 0 bridgehead atoms. The standard InChI is InChI=1S/C29H38ClFN4O3/c1-4-25(37)33-12-14-34(15-13-33)27-19-16-20(30)18(26-21(31)8-7-9-23(26)36)17-22(19)35(28(38)32-27)24-10-5-6-11-29(24,2)3/h4,7-9,18-20,22,24,36H,1,5-6,10-17H2,2-3H3/t18?,19?,20?,22?,24-/m1/s1. The fraction of sp³-hybridized carbons (Fsp3) is 0.621. The molecule has 2 aliphatic heterocycles. The molecule has 38 heavy (non-hydrogen) atoms. The summed E-state index contributed by atoms with van der Waals surface area (Å²) < 4.78 is 15.0. The van der Waals surface area contributed by atoms with E-state index >= 15 is 4.39 Å². The molecular formula is C29H38ClFN4O3. The van der Waals surface area contributed by atoms with E-state index in [0.29, 0.717) is 39.0 Å². The van der Waals surface area contributed by atoms with Gasteiger partial charge in [0.2, 0.25) is 5.91 Å². The van der Waals surface area contributed by atoms with Gasteiger partial charge in [0.25, 0.3) is 0 Å². The molecule has 2 saturated carbocycles. The number of aromatic hydroxyl groups is 1. The van der Waals surface area contributed by atoms with Crippen molar-refractivity contribution in [2.45, 2.75) is 75.8 Å². The fourth-order valence-electron chi connectivity index (χ4n) is 7.24. The molecule has 1 N–H and O–H groups in total. The Hall–Kier alpha value is -2.61. The number of phenolic OH excluding ortho intramolecular Hbond substituents is 1. The minimum atomic E-state index is -0.470. The lowest BCUT2D eigenvalue weighted by molar-refractivity contribution is -0.127. The number of alkyl halides is 1. The molecule has 0 radical (unpaired) electrons. The van der Waals surface area contributed by atoms with E-state index < -0.39 is 17.1 Å². The number of amidine groups is 1. The van der Waals surface area contributed by atoms with Crippen LogP contribution >= 0.6 is 11.6 Å². The highest BCUT2D eigenvalue weighted by molar-refractivity contribution is 6.21. The number of phenols is 1. The minimum absolute atomic E-state index is 0.0327. The van der Waals surface area contributed by atoms with Gasteiger partial charge >= 0.3 is 6.03 Å². The maximum Gasteiger partial charge on any atom is 0.345 e. The Kier molecular flexibility index (Phi) is 7.46. The molecule has 7 nitrogen and oxygen atoms in total. The van der Waals surface area contributed by atoms with Gasteiger partial charge in [0.05, 0.1) is 0 Å². The van der Waals surface area contributed by atoms with E-state index in [1.165, 1.54) is 24.3 Å². The summed E-state index contributed by atoms with van der Waals surface area (Å²) in [5, 5.41) is 10.2. The van der Waals surface area contributed by atoms with Crippen LogP contribution in [0.25, 0.3) is 0 Å². The van der Waals surface area contributed by atoms with Gasteiger partial charge in [-0.2, -0.15) is 4.99 Å². The van der Waals surface area contributed by atoms with E-state index in [2.05, 4.69) is 25.3 Å². The number of benzene rings is 1. The second-order valence-corrected chi connectivity index (χ2v) is 12.4. The third kappa shape index (κ3) is 4.80. The largest absolute Gasteiger partial charge is 0.508 e. The average Bonchev–Trinajstić information content (AvgIpc) is 2.89. The zero-order chi connectivity index (χ0) is 27.2. The van der Waals surface area contributed by atoms with Crippen LogP contribution in [0.2, 0.25) is 0 Å². The lowest BCUT2D eigenvalue weighted by Crippen LogP contribution is -2.64. The fourth-order valence-corrected chi connectivity index (χ4v) is 7.66. The predicted octanol–water partition coefficient (Wildman–Crippen LogP) is 5.13. The molecule has 0 aromatic heterocycles. The first kappa shape index (κ1) is 27.0. The summed E-state index contributed by atoms with van der Waals surface area (Å²) in [6.07, 6.45) is 6.44. The molecule has 4 unspecified atom stereocenters. The maximum absolute atomic E-state index is 15.0. The van der Waals surface area contributed by atoms with Crippen LogP contribution in [-0.4, -0.2) is 81.2 Å². The molecule has 3 amide bonds. The molecule has 1 aromatic carbocycles. The summed E-state index contributed by atoms with van der Waals surface area (Å²) in [6.45, 7) is 10.3. The first-order valence-corrected chi connectivity index (χ1v) is 14.2. The molecule has 5 rings (SSSR count). The lowest BCUT2D eigenvalue weighted by Gasteiger charge is -2.55. The van der Waals surface area contributed by atoms with E-state index in [-0.39, 0.29) is 46.7 Å². The summed E-state index contributed by atoms with van der Waals surface area (Å²) >= 11 is 6.98. The third-order valence-electron chi connectivity index (χ3n) is 9.27. The van der Waals surface area contributed by atoms with E-state index in [1.807, 2.05) is 4.90 Å². The molecule has 9 heteroatoms. The predicted molar refractivity (Wildman–Crippen MR) is 146 cm³/mol. The number of fused-ring (bicyclic) bond motifs is 1. The van der Waals surface area contributed by atoms with Crippen molar-refractivity contribution >= 4 is 29.4 Å². The van der Waals surface area contributed by atoms with Crippen LogP contribution in [-0.2, 0) is 4.79 Å². The molecule has 206 valence electrons. The number of hydrogen-bond acceptors (Lipinski definition) is 4. The van der Waals surface area contributed by atoms with Gasteiger partial charge in [0.1, 0.15) is 17.4 Å². The van der Waals surface area contributed by atoms with Crippen LogP contribution in [0.15, 0.2) is 35.8 Å². The van der Waals surface area contributed by atoms with Gasteiger partial charge in [0.15, 0.2) is 0 Å². The zero-order valence-corrected chi connectivity index (χ0v) is 23.0. The average molecular weight is 545 g/mol. The van der Waals surface area contributed by atoms with E-state index in [9.17, 15) is 14.7 Å². The summed E-state index contributed by atoms with van der Waals surface area (Å²) in [5.41, 5.74) is 0.178. The van der Waals surface area contributed by atoms with Crippen molar-refractivity contribution in [1.82, 2.24) is 14.7 Å². The number of carbonyl (C=O) groups is 2. The number of aliphatic imine (C=N–C) groups is 1. The molecule has 5 atom stereocenters. The van der Waals surface area contributed by atoms with Crippen molar-refractivity contribution < 1.29 is 19.1 Å². The highest BCUT2D eigenvalue weighted by atomic mass is 35.5. The SMILES string of the molecule is C=CC(=O)N1CCN(C2=NC(=O)N([C@@H]3CCCCC3(C)C)C3CC(c4c(O)cccc4F)C(Cl)CC23)CC1. The first-order valence-electron chi connectivity index (χ1n) is 13.8. The minimum Gasteiger partial charge on any atom is -0.508 e. The highest BCUT2D eigenvalue weighted by Crippen LogP contribution is 2.49.